The van der Waals surface area contributed by atoms with Gasteiger partial charge in [-0.05, 0) is 65.3 Å². The first-order chi connectivity index (χ1) is 9.62. The molecule has 0 aromatic heterocycles. The molecule has 2 aliphatic rings. The lowest BCUT2D eigenvalue weighted by molar-refractivity contribution is -0.141. The van der Waals surface area contributed by atoms with Gasteiger partial charge in [-0.2, -0.15) is 0 Å². The minimum absolute atomic E-state index is 0.0743. The van der Waals surface area contributed by atoms with Gasteiger partial charge in [0.1, 0.15) is 0 Å². The molecule has 0 amide bonds. The summed E-state index contributed by atoms with van der Waals surface area (Å²) in [5, 5.41) is 9.24. The van der Waals surface area contributed by atoms with Crippen molar-refractivity contribution in [3.05, 3.63) is 0 Å². The Kier molecular flexibility index (Phi) is 5.85. The monoisotopic (exact) mass is 282 g/mol. The van der Waals surface area contributed by atoms with Crippen LogP contribution in [0.5, 0.6) is 0 Å². The van der Waals surface area contributed by atoms with E-state index in [4.69, 9.17) is 0 Å². The van der Waals surface area contributed by atoms with Crippen LogP contribution in [-0.4, -0.2) is 59.6 Å². The molecular formula is C16H30N2O2. The van der Waals surface area contributed by atoms with Crippen LogP contribution < -0.4 is 0 Å². The Balaban J connectivity index is 1.82. The lowest BCUT2D eigenvalue weighted by Gasteiger charge is -2.44. The first-order valence-corrected chi connectivity index (χ1v) is 8.28. The van der Waals surface area contributed by atoms with Gasteiger partial charge in [-0.1, -0.05) is 19.3 Å². The van der Waals surface area contributed by atoms with Crippen LogP contribution in [0.4, 0.5) is 0 Å². The van der Waals surface area contributed by atoms with Crippen LogP contribution in [0.25, 0.3) is 0 Å². The maximum atomic E-state index is 11.2. The molecule has 0 radical (unpaired) electrons. The molecule has 116 valence electrons. The molecule has 1 saturated heterocycles. The molecule has 2 rings (SSSR count). The number of rotatable bonds is 7. The van der Waals surface area contributed by atoms with Gasteiger partial charge in [0.15, 0.2) is 0 Å². The summed E-state index contributed by atoms with van der Waals surface area (Å²) in [5.74, 6) is -0.640. The SMILES string of the molecule is CN(CCCN1CCCC1)C1(CC(=O)O)CCCCC1. The van der Waals surface area contributed by atoms with E-state index in [1.165, 1.54) is 51.7 Å². The summed E-state index contributed by atoms with van der Waals surface area (Å²) >= 11 is 0. The second-order valence-corrected chi connectivity index (χ2v) is 6.68. The molecule has 0 unspecified atom stereocenters. The largest absolute Gasteiger partial charge is 0.481 e. The average Bonchev–Trinajstić information content (AvgIpc) is 2.92. The molecule has 0 aromatic rings. The number of likely N-dealkylation sites (tertiary alicyclic amines) is 1. The standard InChI is InChI=1S/C16H30N2O2/c1-17(10-7-13-18-11-5-6-12-18)16(14-15(19)20)8-3-2-4-9-16/h2-14H2,1H3,(H,19,20). The van der Waals surface area contributed by atoms with Crippen LogP contribution in [0.3, 0.4) is 0 Å². The average molecular weight is 282 g/mol. The second kappa shape index (κ2) is 7.41. The summed E-state index contributed by atoms with van der Waals surface area (Å²) in [5.41, 5.74) is -0.0743. The van der Waals surface area contributed by atoms with Gasteiger partial charge < -0.3 is 14.9 Å². The van der Waals surface area contributed by atoms with Crippen molar-refractivity contribution in [2.45, 2.75) is 63.3 Å². The molecule has 1 N–H and O–H groups in total. The molecule has 2 fully saturated rings. The highest BCUT2D eigenvalue weighted by molar-refractivity contribution is 5.68. The number of nitrogens with zero attached hydrogens (tertiary/aromatic N) is 2. The highest BCUT2D eigenvalue weighted by Crippen LogP contribution is 2.35. The van der Waals surface area contributed by atoms with Gasteiger partial charge in [0.05, 0.1) is 6.42 Å². The molecule has 1 aliphatic heterocycles. The zero-order valence-corrected chi connectivity index (χ0v) is 12.9. The lowest BCUT2D eigenvalue weighted by atomic mass is 9.78. The van der Waals surface area contributed by atoms with Crippen LogP contribution in [0, 0.1) is 0 Å². The van der Waals surface area contributed by atoms with E-state index >= 15 is 0 Å². The third-order valence-electron chi connectivity index (χ3n) is 5.24. The third-order valence-corrected chi connectivity index (χ3v) is 5.24. The number of hydrogen-bond donors (Lipinski definition) is 1. The van der Waals surface area contributed by atoms with Gasteiger partial charge in [-0.3, -0.25) is 4.79 Å². The van der Waals surface area contributed by atoms with Crippen LogP contribution in [0.1, 0.15) is 57.8 Å². The number of carbonyl (C=O) groups is 1. The topological polar surface area (TPSA) is 43.8 Å². The molecule has 0 bridgehead atoms. The van der Waals surface area contributed by atoms with E-state index in [0.717, 1.165) is 25.8 Å². The Labute approximate surface area is 123 Å². The van der Waals surface area contributed by atoms with Crippen LogP contribution >= 0.6 is 0 Å². The molecule has 0 spiro atoms. The molecule has 4 heteroatoms. The fourth-order valence-corrected chi connectivity index (χ4v) is 3.96. The van der Waals surface area contributed by atoms with Crippen molar-refractivity contribution in [2.24, 2.45) is 0 Å². The molecule has 1 saturated carbocycles. The Hall–Kier alpha value is -0.610. The summed E-state index contributed by atoms with van der Waals surface area (Å²) in [6.07, 6.45) is 9.91. The van der Waals surface area contributed by atoms with E-state index in [1.807, 2.05) is 0 Å². The lowest BCUT2D eigenvalue weighted by Crippen LogP contribution is -2.50. The van der Waals surface area contributed by atoms with Crippen LogP contribution in [0.15, 0.2) is 0 Å². The van der Waals surface area contributed by atoms with E-state index in [0.29, 0.717) is 6.42 Å². The first kappa shape index (κ1) is 15.8. The van der Waals surface area contributed by atoms with E-state index in [-0.39, 0.29) is 5.54 Å². The van der Waals surface area contributed by atoms with Crippen LogP contribution in [0.2, 0.25) is 0 Å². The normalized spacial score (nSPS) is 23.3. The van der Waals surface area contributed by atoms with E-state index < -0.39 is 5.97 Å². The predicted molar refractivity (Wildman–Crippen MR) is 81.0 cm³/mol. The Morgan fingerprint density at radius 3 is 2.40 bits per heavy atom. The van der Waals surface area contributed by atoms with Crippen molar-refractivity contribution >= 4 is 5.97 Å². The predicted octanol–water partition coefficient (Wildman–Crippen LogP) is 2.58. The van der Waals surface area contributed by atoms with Crippen molar-refractivity contribution in [2.75, 3.05) is 33.2 Å². The highest BCUT2D eigenvalue weighted by atomic mass is 16.4. The molecule has 0 aromatic carbocycles. The van der Waals surface area contributed by atoms with Gasteiger partial charge in [-0.15, -0.1) is 0 Å². The minimum Gasteiger partial charge on any atom is -0.481 e. The van der Waals surface area contributed by atoms with E-state index in [2.05, 4.69) is 16.8 Å². The summed E-state index contributed by atoms with van der Waals surface area (Å²) in [6.45, 7) is 4.71. The summed E-state index contributed by atoms with van der Waals surface area (Å²) < 4.78 is 0. The fraction of sp³-hybridized carbons (Fsp3) is 0.938. The van der Waals surface area contributed by atoms with Crippen LogP contribution in [-0.2, 0) is 4.79 Å². The van der Waals surface area contributed by atoms with Gasteiger partial charge in [0.2, 0.25) is 0 Å². The first-order valence-electron chi connectivity index (χ1n) is 8.28. The van der Waals surface area contributed by atoms with Crippen molar-refractivity contribution in [1.82, 2.24) is 9.80 Å². The third kappa shape index (κ3) is 4.19. The minimum atomic E-state index is -0.640. The Morgan fingerprint density at radius 1 is 1.15 bits per heavy atom. The maximum absolute atomic E-state index is 11.2. The summed E-state index contributed by atoms with van der Waals surface area (Å²) in [6, 6.07) is 0. The zero-order chi connectivity index (χ0) is 14.4. The van der Waals surface area contributed by atoms with Gasteiger partial charge >= 0.3 is 5.97 Å². The molecule has 4 nitrogen and oxygen atoms in total. The quantitative estimate of drug-likeness (QED) is 0.779. The second-order valence-electron chi connectivity index (χ2n) is 6.68. The van der Waals surface area contributed by atoms with Crippen molar-refractivity contribution < 1.29 is 9.90 Å². The van der Waals surface area contributed by atoms with E-state index in [1.54, 1.807) is 0 Å². The maximum Gasteiger partial charge on any atom is 0.305 e. The number of aliphatic carboxylic acids is 1. The Morgan fingerprint density at radius 2 is 1.80 bits per heavy atom. The Bertz CT molecular complexity index is 308. The smallest absolute Gasteiger partial charge is 0.305 e. The molecule has 0 atom stereocenters. The molecule has 20 heavy (non-hydrogen) atoms. The van der Waals surface area contributed by atoms with Crippen molar-refractivity contribution in [3.8, 4) is 0 Å². The molecular weight excluding hydrogens is 252 g/mol. The summed E-state index contributed by atoms with van der Waals surface area (Å²) in [7, 11) is 2.14. The van der Waals surface area contributed by atoms with Crippen molar-refractivity contribution in [3.63, 3.8) is 0 Å². The highest BCUT2D eigenvalue weighted by Gasteiger charge is 2.37. The van der Waals surface area contributed by atoms with Gasteiger partial charge in [-0.25, -0.2) is 0 Å². The van der Waals surface area contributed by atoms with E-state index in [9.17, 15) is 9.90 Å². The zero-order valence-electron chi connectivity index (χ0n) is 12.9. The number of hydrogen-bond acceptors (Lipinski definition) is 3. The molecule has 1 aliphatic carbocycles. The van der Waals surface area contributed by atoms with Gasteiger partial charge in [0.25, 0.3) is 0 Å². The summed E-state index contributed by atoms with van der Waals surface area (Å²) in [4.78, 5) is 16.1. The molecule has 1 heterocycles. The fourth-order valence-electron chi connectivity index (χ4n) is 3.96. The van der Waals surface area contributed by atoms with Crippen molar-refractivity contribution in [1.29, 1.82) is 0 Å². The number of carboxylic acid groups (broad SMARTS) is 1. The van der Waals surface area contributed by atoms with Gasteiger partial charge in [0, 0.05) is 5.54 Å². The number of carboxylic acids is 1.